The number of amides is 2. The Hall–Kier alpha value is -2.09. The number of carbonyl (C=O) groups excluding carboxylic acids is 1. The molecule has 1 aliphatic heterocycles. The second-order valence-corrected chi connectivity index (χ2v) is 5.86. The van der Waals surface area contributed by atoms with E-state index in [1.54, 1.807) is 10.6 Å². The zero-order valence-electron chi connectivity index (χ0n) is 11.0. The molecule has 0 spiro atoms. The number of pyridine rings is 1. The van der Waals surface area contributed by atoms with E-state index in [4.69, 9.17) is 5.11 Å². The summed E-state index contributed by atoms with van der Waals surface area (Å²) in [6, 6.07) is 3.71. The van der Waals surface area contributed by atoms with E-state index in [1.165, 1.54) is 4.90 Å². The molecule has 3 heterocycles. The molecule has 0 unspecified atom stereocenters. The Balaban J connectivity index is 1.70. The number of aromatic nitrogens is 2. The number of hydrogen-bond acceptors (Lipinski definition) is 3. The van der Waals surface area contributed by atoms with Crippen LogP contribution in [-0.4, -0.2) is 44.5 Å². The second kappa shape index (κ2) is 5.36. The van der Waals surface area contributed by atoms with Crippen LogP contribution < -0.4 is 5.32 Å². The van der Waals surface area contributed by atoms with Gasteiger partial charge in [0.05, 0.1) is 12.1 Å². The number of anilines is 1. The average Bonchev–Trinajstić information content (AvgIpc) is 3.03. The highest BCUT2D eigenvalue weighted by atomic mass is 79.9. The third-order valence-corrected chi connectivity index (χ3v) is 3.96. The number of carbonyl (C=O) groups is 2. The van der Waals surface area contributed by atoms with Crippen LogP contribution in [0, 0.1) is 5.92 Å². The Labute approximate surface area is 128 Å². The maximum Gasteiger partial charge on any atom is 0.407 e. The molecule has 1 atom stereocenters. The maximum atomic E-state index is 12.1. The number of rotatable bonds is 2. The number of hydrogen-bond donors (Lipinski definition) is 2. The fourth-order valence-electron chi connectivity index (χ4n) is 2.40. The quantitative estimate of drug-likeness (QED) is 0.865. The summed E-state index contributed by atoms with van der Waals surface area (Å²) in [6.07, 6.45) is 3.13. The van der Waals surface area contributed by atoms with E-state index in [0.717, 1.165) is 10.1 Å². The van der Waals surface area contributed by atoms with Crippen molar-refractivity contribution in [1.82, 2.24) is 14.3 Å². The third-order valence-electron chi connectivity index (χ3n) is 3.50. The molecule has 0 aromatic carbocycles. The van der Waals surface area contributed by atoms with Gasteiger partial charge in [-0.3, -0.25) is 4.79 Å². The number of nitrogens with zero attached hydrogens (tertiary/aromatic N) is 3. The molecule has 0 bridgehead atoms. The van der Waals surface area contributed by atoms with Gasteiger partial charge in [0.1, 0.15) is 5.65 Å². The Morgan fingerprint density at radius 2 is 2.19 bits per heavy atom. The SMILES string of the molecule is O=C(Nc1cn2cc(Br)ccc2n1)[C@H]1CCN(C(=O)O)C1. The van der Waals surface area contributed by atoms with Crippen LogP contribution >= 0.6 is 15.9 Å². The lowest BCUT2D eigenvalue weighted by molar-refractivity contribution is -0.119. The second-order valence-electron chi connectivity index (χ2n) is 4.94. The topological polar surface area (TPSA) is 86.9 Å². The van der Waals surface area contributed by atoms with E-state index >= 15 is 0 Å². The van der Waals surface area contributed by atoms with E-state index in [-0.39, 0.29) is 18.4 Å². The molecular weight excluding hydrogens is 340 g/mol. The van der Waals surface area contributed by atoms with Gasteiger partial charge in [0.2, 0.25) is 5.91 Å². The minimum absolute atomic E-state index is 0.193. The molecule has 2 N–H and O–H groups in total. The van der Waals surface area contributed by atoms with Crippen LogP contribution in [0.1, 0.15) is 6.42 Å². The van der Waals surface area contributed by atoms with Crippen LogP contribution in [0.3, 0.4) is 0 Å². The van der Waals surface area contributed by atoms with Gasteiger partial charge >= 0.3 is 6.09 Å². The van der Waals surface area contributed by atoms with Gasteiger partial charge in [0.15, 0.2) is 5.82 Å². The minimum atomic E-state index is -0.983. The van der Waals surface area contributed by atoms with Crippen molar-refractivity contribution in [3.05, 3.63) is 29.0 Å². The van der Waals surface area contributed by atoms with Gasteiger partial charge in [0, 0.05) is 23.8 Å². The van der Waals surface area contributed by atoms with Crippen molar-refractivity contribution in [2.75, 3.05) is 18.4 Å². The van der Waals surface area contributed by atoms with E-state index in [9.17, 15) is 9.59 Å². The van der Waals surface area contributed by atoms with Crippen molar-refractivity contribution in [3.63, 3.8) is 0 Å². The average molecular weight is 353 g/mol. The maximum absolute atomic E-state index is 12.1. The Morgan fingerprint density at radius 1 is 1.38 bits per heavy atom. The highest BCUT2D eigenvalue weighted by Gasteiger charge is 2.31. The summed E-state index contributed by atoms with van der Waals surface area (Å²) < 4.78 is 2.72. The molecule has 2 aromatic rings. The molecule has 1 fully saturated rings. The van der Waals surface area contributed by atoms with Gasteiger partial charge in [-0.2, -0.15) is 0 Å². The van der Waals surface area contributed by atoms with E-state index < -0.39 is 6.09 Å². The van der Waals surface area contributed by atoms with Crippen LogP contribution in [0.25, 0.3) is 5.65 Å². The Bertz CT molecular complexity index is 715. The van der Waals surface area contributed by atoms with Crippen molar-refractivity contribution in [2.45, 2.75) is 6.42 Å². The summed E-state index contributed by atoms with van der Waals surface area (Å²) in [6.45, 7) is 0.631. The summed E-state index contributed by atoms with van der Waals surface area (Å²) in [7, 11) is 0. The van der Waals surface area contributed by atoms with Crippen LogP contribution in [0.5, 0.6) is 0 Å². The zero-order valence-corrected chi connectivity index (χ0v) is 12.6. The third kappa shape index (κ3) is 2.85. The monoisotopic (exact) mass is 352 g/mol. The molecule has 3 rings (SSSR count). The van der Waals surface area contributed by atoms with Crippen molar-refractivity contribution in [3.8, 4) is 0 Å². The first-order valence-corrected chi connectivity index (χ1v) is 7.25. The lowest BCUT2D eigenvalue weighted by Gasteiger charge is -2.11. The molecule has 0 aliphatic carbocycles. The lowest BCUT2D eigenvalue weighted by Crippen LogP contribution is -2.30. The van der Waals surface area contributed by atoms with E-state index in [1.807, 2.05) is 18.3 Å². The van der Waals surface area contributed by atoms with Gasteiger partial charge in [0.25, 0.3) is 0 Å². The molecule has 0 saturated carbocycles. The van der Waals surface area contributed by atoms with Crippen molar-refractivity contribution >= 4 is 39.4 Å². The zero-order chi connectivity index (χ0) is 15.0. The highest BCUT2D eigenvalue weighted by Crippen LogP contribution is 2.19. The summed E-state index contributed by atoms with van der Waals surface area (Å²) in [5.41, 5.74) is 0.729. The van der Waals surface area contributed by atoms with Crippen molar-refractivity contribution in [1.29, 1.82) is 0 Å². The fourth-order valence-corrected chi connectivity index (χ4v) is 2.75. The molecule has 2 aromatic heterocycles. The molecule has 110 valence electrons. The predicted octanol–water partition coefficient (Wildman–Crippen LogP) is 2.04. The molecule has 21 heavy (non-hydrogen) atoms. The smallest absolute Gasteiger partial charge is 0.407 e. The summed E-state index contributed by atoms with van der Waals surface area (Å²) in [5, 5.41) is 11.6. The summed E-state index contributed by atoms with van der Waals surface area (Å²) in [4.78, 5) is 28.5. The predicted molar refractivity (Wildman–Crippen MR) is 79.2 cm³/mol. The van der Waals surface area contributed by atoms with Crippen molar-refractivity contribution < 1.29 is 14.7 Å². The lowest BCUT2D eigenvalue weighted by atomic mass is 10.1. The van der Waals surface area contributed by atoms with Gasteiger partial charge in [-0.25, -0.2) is 9.78 Å². The molecule has 0 radical (unpaired) electrons. The van der Waals surface area contributed by atoms with Crippen LogP contribution in [0.2, 0.25) is 0 Å². The van der Waals surface area contributed by atoms with Gasteiger partial charge in [-0.1, -0.05) is 0 Å². The van der Waals surface area contributed by atoms with Crippen LogP contribution in [-0.2, 0) is 4.79 Å². The summed E-state index contributed by atoms with van der Waals surface area (Å²) >= 11 is 3.37. The number of likely N-dealkylation sites (tertiary alicyclic amines) is 1. The molecule has 1 saturated heterocycles. The van der Waals surface area contributed by atoms with E-state index in [0.29, 0.717) is 18.8 Å². The summed E-state index contributed by atoms with van der Waals surface area (Å²) in [5.74, 6) is -0.0502. The van der Waals surface area contributed by atoms with Gasteiger partial charge in [-0.15, -0.1) is 0 Å². The number of fused-ring (bicyclic) bond motifs is 1. The van der Waals surface area contributed by atoms with Gasteiger partial charge in [-0.05, 0) is 34.5 Å². The molecular formula is C13H13BrN4O3. The van der Waals surface area contributed by atoms with Crippen molar-refractivity contribution in [2.24, 2.45) is 5.92 Å². The fraction of sp³-hybridized carbons (Fsp3) is 0.308. The standard InChI is InChI=1S/C13H13BrN4O3/c14-9-1-2-11-15-10(7-18(11)6-9)16-12(19)8-3-4-17(5-8)13(20)21/h1-2,6-8H,3-5H2,(H,16,19)(H,20,21)/t8-/m0/s1. The van der Waals surface area contributed by atoms with Crippen LogP contribution in [0.15, 0.2) is 29.0 Å². The first-order chi connectivity index (χ1) is 10.0. The Kier molecular flexibility index (Phi) is 3.54. The Morgan fingerprint density at radius 3 is 2.90 bits per heavy atom. The molecule has 1 aliphatic rings. The van der Waals surface area contributed by atoms with E-state index in [2.05, 4.69) is 26.2 Å². The number of nitrogens with one attached hydrogen (secondary N) is 1. The molecule has 2 amide bonds. The first-order valence-electron chi connectivity index (χ1n) is 6.46. The van der Waals surface area contributed by atoms with Crippen LogP contribution in [0.4, 0.5) is 10.6 Å². The highest BCUT2D eigenvalue weighted by molar-refractivity contribution is 9.10. The minimum Gasteiger partial charge on any atom is -0.465 e. The number of halogens is 1. The normalized spacial score (nSPS) is 18.1. The number of carboxylic acid groups (broad SMARTS) is 1. The van der Waals surface area contributed by atoms with Gasteiger partial charge < -0.3 is 19.7 Å². The largest absolute Gasteiger partial charge is 0.465 e. The molecule has 7 nitrogen and oxygen atoms in total. The first kappa shape index (κ1) is 13.9. The molecule has 8 heteroatoms. The number of imidazole rings is 1.